The molecule has 1 aliphatic rings. The molecule has 0 saturated carbocycles. The van der Waals surface area contributed by atoms with Crippen LogP contribution < -0.4 is 0 Å². The number of carbonyl (C=O) groups excluding carboxylic acids is 1. The quantitative estimate of drug-likeness (QED) is 0.749. The lowest BCUT2D eigenvalue weighted by molar-refractivity contribution is -0.0712. The monoisotopic (exact) mass is 260 g/mol. The first-order valence-corrected chi connectivity index (χ1v) is 6.93. The van der Waals surface area contributed by atoms with E-state index in [1.165, 1.54) is 0 Å². The zero-order chi connectivity index (χ0) is 14.4. The maximum absolute atomic E-state index is 12.8. The Labute approximate surface area is 116 Å². The first-order valence-electron chi connectivity index (χ1n) is 6.93. The van der Waals surface area contributed by atoms with Crippen molar-refractivity contribution in [3.05, 3.63) is 34.9 Å². The number of hydrogen-bond acceptors (Lipinski definition) is 2. The van der Waals surface area contributed by atoms with Gasteiger partial charge in [0.05, 0.1) is 17.1 Å². The van der Waals surface area contributed by atoms with Gasteiger partial charge in [-0.1, -0.05) is 17.2 Å². The molecule has 0 amide bonds. The van der Waals surface area contributed by atoms with Gasteiger partial charge in [0.2, 0.25) is 0 Å². The van der Waals surface area contributed by atoms with Crippen molar-refractivity contribution >= 4 is 5.78 Å². The molecule has 1 unspecified atom stereocenters. The maximum Gasteiger partial charge on any atom is 0.168 e. The summed E-state index contributed by atoms with van der Waals surface area (Å²) in [5.74, 6) is 0.145. The lowest BCUT2D eigenvalue weighted by atomic mass is 9.81. The topological polar surface area (TPSA) is 26.3 Å². The number of Topliss-reactive ketones (excluding diaryl/α,β-unsaturated/α-hetero) is 1. The van der Waals surface area contributed by atoms with Crippen LogP contribution in [0.4, 0.5) is 0 Å². The lowest BCUT2D eigenvalue weighted by Crippen LogP contribution is -2.33. The van der Waals surface area contributed by atoms with Crippen molar-refractivity contribution in [2.24, 2.45) is 5.92 Å². The smallest absolute Gasteiger partial charge is 0.168 e. The molecule has 0 bridgehead atoms. The summed E-state index contributed by atoms with van der Waals surface area (Å²) in [4.78, 5) is 12.8. The van der Waals surface area contributed by atoms with Gasteiger partial charge in [0.15, 0.2) is 5.78 Å². The third-order valence-electron chi connectivity index (χ3n) is 3.90. The average molecular weight is 260 g/mol. The summed E-state index contributed by atoms with van der Waals surface area (Å²) in [6.07, 6.45) is 0.784. The van der Waals surface area contributed by atoms with Crippen LogP contribution in [-0.4, -0.2) is 17.0 Å². The fraction of sp³-hybridized carbons (Fsp3) is 0.588. The van der Waals surface area contributed by atoms with E-state index in [1.807, 2.05) is 39.8 Å². The molecule has 0 aliphatic carbocycles. The summed E-state index contributed by atoms with van der Waals surface area (Å²) in [5.41, 5.74) is 2.48. The molecular weight excluding hydrogens is 236 g/mol. The van der Waals surface area contributed by atoms with E-state index in [2.05, 4.69) is 19.9 Å². The highest BCUT2D eigenvalue weighted by molar-refractivity contribution is 5.99. The summed E-state index contributed by atoms with van der Waals surface area (Å²) >= 11 is 0. The van der Waals surface area contributed by atoms with Crippen LogP contribution in [0.1, 0.15) is 55.6 Å². The first-order chi connectivity index (χ1) is 8.61. The highest BCUT2D eigenvalue weighted by Gasteiger charge is 2.49. The molecule has 1 saturated heterocycles. The van der Waals surface area contributed by atoms with Gasteiger partial charge in [0.1, 0.15) is 0 Å². The predicted octanol–water partition coefficient (Wildman–Crippen LogP) is 4.08. The van der Waals surface area contributed by atoms with Crippen LogP contribution in [-0.2, 0) is 4.74 Å². The van der Waals surface area contributed by atoms with Crippen LogP contribution in [0.15, 0.2) is 18.2 Å². The number of ketones is 1. The highest BCUT2D eigenvalue weighted by atomic mass is 16.5. The van der Waals surface area contributed by atoms with E-state index in [-0.39, 0.29) is 17.3 Å². The molecule has 1 atom stereocenters. The van der Waals surface area contributed by atoms with Crippen molar-refractivity contribution in [1.29, 1.82) is 0 Å². The Kier molecular flexibility index (Phi) is 3.34. The van der Waals surface area contributed by atoms with Gasteiger partial charge >= 0.3 is 0 Å². The van der Waals surface area contributed by atoms with Crippen LogP contribution in [0.2, 0.25) is 0 Å². The fourth-order valence-corrected chi connectivity index (χ4v) is 3.29. The zero-order valence-corrected chi connectivity index (χ0v) is 12.8. The van der Waals surface area contributed by atoms with Crippen molar-refractivity contribution in [3.8, 4) is 0 Å². The molecule has 2 heteroatoms. The summed E-state index contributed by atoms with van der Waals surface area (Å²) in [6.45, 7) is 12.2. The lowest BCUT2D eigenvalue weighted by Gasteiger charge is -2.26. The van der Waals surface area contributed by atoms with Gasteiger partial charge < -0.3 is 4.74 Å². The molecule has 0 radical (unpaired) electrons. The molecule has 1 fully saturated rings. The minimum atomic E-state index is -0.391. The summed E-state index contributed by atoms with van der Waals surface area (Å²) < 4.78 is 6.03. The molecule has 2 rings (SSSR count). The maximum atomic E-state index is 12.8. The van der Waals surface area contributed by atoms with E-state index >= 15 is 0 Å². The van der Waals surface area contributed by atoms with Crippen LogP contribution in [0.5, 0.6) is 0 Å². The Morgan fingerprint density at radius 2 is 1.63 bits per heavy atom. The van der Waals surface area contributed by atoms with Crippen molar-refractivity contribution < 1.29 is 9.53 Å². The Morgan fingerprint density at radius 1 is 1.11 bits per heavy atom. The van der Waals surface area contributed by atoms with E-state index in [0.29, 0.717) is 0 Å². The van der Waals surface area contributed by atoms with Crippen molar-refractivity contribution in [2.75, 3.05) is 0 Å². The van der Waals surface area contributed by atoms with Gasteiger partial charge in [0, 0.05) is 5.56 Å². The molecule has 104 valence electrons. The van der Waals surface area contributed by atoms with Crippen molar-refractivity contribution in [3.63, 3.8) is 0 Å². The van der Waals surface area contributed by atoms with E-state index in [1.54, 1.807) is 0 Å². The first kappa shape index (κ1) is 14.3. The van der Waals surface area contributed by atoms with Gasteiger partial charge in [-0.05, 0) is 60.1 Å². The molecule has 2 nitrogen and oxygen atoms in total. The standard InChI is InChI=1S/C17H24O2/c1-11-7-12(2)9-13(8-11)15(18)14-10-16(3,4)19-17(14,5)6/h7-9,14H,10H2,1-6H3. The van der Waals surface area contributed by atoms with Gasteiger partial charge in [-0.25, -0.2) is 0 Å². The van der Waals surface area contributed by atoms with Crippen LogP contribution in [0.3, 0.4) is 0 Å². The molecule has 1 aliphatic heterocycles. The molecule has 0 spiro atoms. The third kappa shape index (κ3) is 2.89. The van der Waals surface area contributed by atoms with Gasteiger partial charge in [0.25, 0.3) is 0 Å². The normalized spacial score (nSPS) is 24.4. The molecule has 1 aromatic rings. The fourth-order valence-electron chi connectivity index (χ4n) is 3.29. The minimum Gasteiger partial charge on any atom is -0.369 e. The van der Waals surface area contributed by atoms with E-state index < -0.39 is 5.60 Å². The largest absolute Gasteiger partial charge is 0.369 e. The van der Waals surface area contributed by atoms with Crippen molar-refractivity contribution in [2.45, 2.75) is 59.2 Å². The summed E-state index contributed by atoms with van der Waals surface area (Å²) in [7, 11) is 0. The number of aryl methyl sites for hydroxylation is 2. The number of ether oxygens (including phenoxy) is 1. The second kappa shape index (κ2) is 4.45. The molecule has 1 heterocycles. The number of rotatable bonds is 2. The molecule has 19 heavy (non-hydrogen) atoms. The average Bonchev–Trinajstić information content (AvgIpc) is 2.44. The Bertz CT molecular complexity index is 492. The minimum absolute atomic E-state index is 0.0660. The van der Waals surface area contributed by atoms with Crippen molar-refractivity contribution in [1.82, 2.24) is 0 Å². The zero-order valence-electron chi connectivity index (χ0n) is 12.8. The van der Waals surface area contributed by atoms with Gasteiger partial charge in [-0.2, -0.15) is 0 Å². The number of carbonyl (C=O) groups is 1. The molecule has 1 aromatic carbocycles. The number of benzene rings is 1. The van der Waals surface area contributed by atoms with E-state index in [9.17, 15) is 4.79 Å². The second-order valence-corrected chi connectivity index (χ2v) is 6.96. The molecule has 0 N–H and O–H groups in total. The Morgan fingerprint density at radius 3 is 2.05 bits per heavy atom. The van der Waals surface area contributed by atoms with E-state index in [4.69, 9.17) is 4.74 Å². The Hall–Kier alpha value is -1.15. The predicted molar refractivity (Wildman–Crippen MR) is 77.6 cm³/mol. The van der Waals surface area contributed by atoms with Gasteiger partial charge in [-0.15, -0.1) is 0 Å². The van der Waals surface area contributed by atoms with Crippen LogP contribution >= 0.6 is 0 Å². The second-order valence-electron chi connectivity index (χ2n) is 6.96. The van der Waals surface area contributed by atoms with Crippen LogP contribution in [0.25, 0.3) is 0 Å². The van der Waals surface area contributed by atoms with E-state index in [0.717, 1.165) is 23.1 Å². The number of hydrogen-bond donors (Lipinski definition) is 0. The molecule has 0 aromatic heterocycles. The summed E-state index contributed by atoms with van der Waals surface area (Å²) in [5, 5.41) is 0. The molecular formula is C17H24O2. The SMILES string of the molecule is Cc1cc(C)cc(C(=O)C2CC(C)(C)OC2(C)C)c1. The summed E-state index contributed by atoms with van der Waals surface area (Å²) in [6, 6.07) is 6.06. The highest BCUT2D eigenvalue weighted by Crippen LogP contribution is 2.43. The third-order valence-corrected chi connectivity index (χ3v) is 3.90. The van der Waals surface area contributed by atoms with Gasteiger partial charge in [-0.3, -0.25) is 4.79 Å². The Balaban J connectivity index is 2.34. The van der Waals surface area contributed by atoms with Crippen LogP contribution in [0, 0.1) is 19.8 Å².